The van der Waals surface area contributed by atoms with Crippen molar-refractivity contribution in [3.63, 3.8) is 0 Å². The molecule has 0 aliphatic heterocycles. The van der Waals surface area contributed by atoms with E-state index in [1.165, 1.54) is 5.39 Å². The molecule has 1 aliphatic rings. The number of benzene rings is 2. The summed E-state index contributed by atoms with van der Waals surface area (Å²) in [6.45, 7) is 0.757. The summed E-state index contributed by atoms with van der Waals surface area (Å²) in [5.41, 5.74) is 1.09. The third kappa shape index (κ3) is 3.56. The van der Waals surface area contributed by atoms with Gasteiger partial charge >= 0.3 is 0 Å². The van der Waals surface area contributed by atoms with Crippen LogP contribution in [0.1, 0.15) is 24.8 Å². The van der Waals surface area contributed by atoms with Crippen LogP contribution in [0.4, 0.5) is 0 Å². The molecule has 1 fully saturated rings. The summed E-state index contributed by atoms with van der Waals surface area (Å²) in [6, 6.07) is 14.3. The first-order chi connectivity index (χ1) is 10.2. The molecule has 0 saturated heterocycles. The Labute approximate surface area is 130 Å². The van der Waals surface area contributed by atoms with Crippen LogP contribution in [0.25, 0.3) is 10.8 Å². The van der Waals surface area contributed by atoms with Gasteiger partial charge < -0.3 is 5.32 Å². The fourth-order valence-corrected chi connectivity index (χ4v) is 3.52. The lowest BCUT2D eigenvalue weighted by molar-refractivity contribution is -0.120. The molecule has 1 aliphatic carbocycles. The average molecular weight is 302 g/mol. The number of amides is 1. The summed E-state index contributed by atoms with van der Waals surface area (Å²) in [7, 11) is 0. The topological polar surface area (TPSA) is 29.1 Å². The van der Waals surface area contributed by atoms with Crippen LogP contribution < -0.4 is 5.32 Å². The number of halogens is 1. The maximum Gasteiger partial charge on any atom is 0.224 e. The lowest BCUT2D eigenvalue weighted by Crippen LogP contribution is -2.29. The molecule has 0 aromatic heterocycles. The maximum atomic E-state index is 12.2. The first-order valence-electron chi connectivity index (χ1n) is 7.60. The van der Waals surface area contributed by atoms with Crippen molar-refractivity contribution in [3.05, 3.63) is 48.0 Å². The van der Waals surface area contributed by atoms with Crippen LogP contribution in [0.3, 0.4) is 0 Å². The molecule has 0 radical (unpaired) electrons. The van der Waals surface area contributed by atoms with E-state index < -0.39 is 0 Å². The molecule has 2 aromatic rings. The van der Waals surface area contributed by atoms with Gasteiger partial charge in [-0.2, -0.15) is 0 Å². The highest BCUT2D eigenvalue weighted by Crippen LogP contribution is 2.28. The Bertz CT molecular complexity index is 635. The molecule has 2 aromatic carbocycles. The fraction of sp³-hybridized carbons (Fsp3) is 0.389. The van der Waals surface area contributed by atoms with Gasteiger partial charge in [0.1, 0.15) is 0 Å². The molecule has 1 amide bonds. The summed E-state index contributed by atoms with van der Waals surface area (Å²) >= 11 is 6.10. The molecule has 3 heteroatoms. The number of fused-ring (bicyclic) bond motifs is 1. The van der Waals surface area contributed by atoms with Crippen molar-refractivity contribution in [2.45, 2.75) is 31.1 Å². The predicted octanol–water partition coefficient (Wildman–Crippen LogP) is 3.91. The van der Waals surface area contributed by atoms with Crippen LogP contribution in [-0.4, -0.2) is 17.8 Å². The van der Waals surface area contributed by atoms with E-state index in [2.05, 4.69) is 23.5 Å². The van der Waals surface area contributed by atoms with Gasteiger partial charge in [0.25, 0.3) is 0 Å². The largest absolute Gasteiger partial charge is 0.356 e. The van der Waals surface area contributed by atoms with E-state index in [0.717, 1.165) is 36.8 Å². The van der Waals surface area contributed by atoms with Crippen molar-refractivity contribution in [2.75, 3.05) is 6.54 Å². The highest BCUT2D eigenvalue weighted by molar-refractivity contribution is 6.20. The molecule has 110 valence electrons. The third-order valence-electron chi connectivity index (χ3n) is 4.30. The minimum absolute atomic E-state index is 0.101. The molecule has 2 unspecified atom stereocenters. The molecule has 21 heavy (non-hydrogen) atoms. The Morgan fingerprint density at radius 2 is 1.95 bits per heavy atom. The second-order valence-corrected chi connectivity index (χ2v) is 6.51. The number of carbonyl (C=O) groups is 1. The average Bonchev–Trinajstić information content (AvgIpc) is 2.91. The lowest BCUT2D eigenvalue weighted by atomic mass is 10.0. The predicted molar refractivity (Wildman–Crippen MR) is 87.6 cm³/mol. The number of hydrogen-bond donors (Lipinski definition) is 1. The zero-order valence-electron chi connectivity index (χ0n) is 12.0. The number of rotatable bonds is 4. The molecule has 0 spiro atoms. The van der Waals surface area contributed by atoms with Crippen molar-refractivity contribution in [2.24, 2.45) is 5.92 Å². The van der Waals surface area contributed by atoms with E-state index in [1.54, 1.807) is 0 Å². The molecule has 0 heterocycles. The van der Waals surface area contributed by atoms with E-state index in [4.69, 9.17) is 11.6 Å². The molecular formula is C18H20ClNO. The van der Waals surface area contributed by atoms with E-state index in [-0.39, 0.29) is 5.91 Å². The first kappa shape index (κ1) is 14.4. The van der Waals surface area contributed by atoms with Crippen LogP contribution >= 0.6 is 11.6 Å². The van der Waals surface area contributed by atoms with Gasteiger partial charge in [-0.15, -0.1) is 11.6 Å². The minimum atomic E-state index is 0.101. The van der Waals surface area contributed by atoms with E-state index in [0.29, 0.717) is 17.7 Å². The van der Waals surface area contributed by atoms with Crippen LogP contribution in [0.15, 0.2) is 42.5 Å². The summed E-state index contributed by atoms with van der Waals surface area (Å²) in [5, 5.41) is 5.70. The molecule has 3 rings (SSSR count). The number of alkyl halides is 1. The van der Waals surface area contributed by atoms with Gasteiger partial charge in [0, 0.05) is 11.9 Å². The Morgan fingerprint density at radius 3 is 2.76 bits per heavy atom. The smallest absolute Gasteiger partial charge is 0.224 e. The zero-order valence-corrected chi connectivity index (χ0v) is 12.8. The third-order valence-corrected chi connectivity index (χ3v) is 4.69. The summed E-state index contributed by atoms with van der Waals surface area (Å²) in [5.74, 6) is 0.647. The molecule has 1 saturated carbocycles. The van der Waals surface area contributed by atoms with Crippen molar-refractivity contribution in [1.82, 2.24) is 5.32 Å². The van der Waals surface area contributed by atoms with Crippen molar-refractivity contribution in [3.8, 4) is 0 Å². The zero-order chi connectivity index (χ0) is 14.7. The van der Waals surface area contributed by atoms with Crippen LogP contribution in [0.5, 0.6) is 0 Å². The lowest BCUT2D eigenvalue weighted by Gasteiger charge is -2.11. The second-order valence-electron chi connectivity index (χ2n) is 5.90. The molecule has 2 nitrogen and oxygen atoms in total. The minimum Gasteiger partial charge on any atom is -0.356 e. The van der Waals surface area contributed by atoms with E-state index in [9.17, 15) is 4.79 Å². The summed E-state index contributed by atoms with van der Waals surface area (Å²) < 4.78 is 0. The van der Waals surface area contributed by atoms with Gasteiger partial charge in [-0.05, 0) is 41.5 Å². The monoisotopic (exact) mass is 301 g/mol. The molecule has 0 bridgehead atoms. The SMILES string of the molecule is O=C(Cc1cccc2ccccc12)NCC1CCC(Cl)C1. The maximum absolute atomic E-state index is 12.2. The summed E-state index contributed by atoms with van der Waals surface area (Å²) in [6.07, 6.45) is 3.67. The van der Waals surface area contributed by atoms with Gasteiger partial charge in [-0.3, -0.25) is 4.79 Å². The number of hydrogen-bond acceptors (Lipinski definition) is 1. The van der Waals surface area contributed by atoms with E-state index in [1.807, 2.05) is 24.3 Å². The molecule has 1 N–H and O–H groups in total. The first-order valence-corrected chi connectivity index (χ1v) is 8.03. The second kappa shape index (κ2) is 6.48. The van der Waals surface area contributed by atoms with Gasteiger partial charge in [0.15, 0.2) is 0 Å². The van der Waals surface area contributed by atoms with Crippen molar-refractivity contribution in [1.29, 1.82) is 0 Å². The fourth-order valence-electron chi connectivity index (χ4n) is 3.14. The highest BCUT2D eigenvalue weighted by Gasteiger charge is 2.23. The Kier molecular flexibility index (Phi) is 4.45. The molecular weight excluding hydrogens is 282 g/mol. The molecule has 2 atom stereocenters. The quantitative estimate of drug-likeness (QED) is 0.853. The van der Waals surface area contributed by atoms with Gasteiger partial charge in [0.2, 0.25) is 5.91 Å². The summed E-state index contributed by atoms with van der Waals surface area (Å²) in [4.78, 5) is 12.2. The van der Waals surface area contributed by atoms with Gasteiger partial charge in [-0.1, -0.05) is 42.5 Å². The Morgan fingerprint density at radius 1 is 1.14 bits per heavy atom. The van der Waals surface area contributed by atoms with Crippen LogP contribution in [0.2, 0.25) is 0 Å². The highest BCUT2D eigenvalue weighted by atomic mass is 35.5. The van der Waals surface area contributed by atoms with Crippen molar-refractivity contribution < 1.29 is 4.79 Å². The van der Waals surface area contributed by atoms with Crippen LogP contribution in [-0.2, 0) is 11.2 Å². The standard InChI is InChI=1S/C18H20ClNO/c19-16-9-8-13(10-16)12-20-18(21)11-15-6-3-5-14-4-1-2-7-17(14)15/h1-7,13,16H,8-12H2,(H,20,21). The number of carbonyl (C=O) groups excluding carboxylic acids is 1. The number of nitrogens with one attached hydrogen (secondary N) is 1. The normalized spacial score (nSPS) is 21.6. The van der Waals surface area contributed by atoms with Crippen molar-refractivity contribution >= 4 is 28.3 Å². The van der Waals surface area contributed by atoms with Gasteiger partial charge in [-0.25, -0.2) is 0 Å². The van der Waals surface area contributed by atoms with Crippen LogP contribution in [0, 0.1) is 5.92 Å². The van der Waals surface area contributed by atoms with Gasteiger partial charge in [0.05, 0.1) is 6.42 Å². The Hall–Kier alpha value is -1.54. The Balaban J connectivity index is 1.61. The van der Waals surface area contributed by atoms with E-state index >= 15 is 0 Å².